The molecule has 0 aliphatic rings. The second-order valence-corrected chi connectivity index (χ2v) is 11.6. The number of carboxylic acids is 2. The predicted molar refractivity (Wildman–Crippen MR) is 185 cm³/mol. The van der Waals surface area contributed by atoms with Gasteiger partial charge in [-0.05, 0) is 118 Å². The second-order valence-electron chi connectivity index (χ2n) is 10.8. The van der Waals surface area contributed by atoms with Crippen LogP contribution in [0, 0.1) is 41.5 Å². The number of rotatable bonds is 10. The average Bonchev–Trinajstić information content (AvgIpc) is 2.94. The van der Waals surface area contributed by atoms with Crippen molar-refractivity contribution in [2.75, 3.05) is 23.8 Å². The Kier molecular flexibility index (Phi) is 12.0. The van der Waals surface area contributed by atoms with Crippen LogP contribution in [0.4, 0.5) is 22.7 Å². The molecular formula is C36H41BrN2O6. The number of aromatic carboxylic acids is 2. The Hall–Kier alpha value is -4.50. The van der Waals surface area contributed by atoms with Gasteiger partial charge >= 0.3 is 11.9 Å². The van der Waals surface area contributed by atoms with E-state index >= 15 is 0 Å². The summed E-state index contributed by atoms with van der Waals surface area (Å²) in [5.74, 6) is -1.32. The molecule has 0 fully saturated rings. The summed E-state index contributed by atoms with van der Waals surface area (Å²) in [5, 5.41) is 25.6. The summed E-state index contributed by atoms with van der Waals surface area (Å²) >= 11 is 3.36. The van der Waals surface area contributed by atoms with E-state index in [0.717, 1.165) is 33.6 Å². The first-order chi connectivity index (χ1) is 21.3. The molecule has 0 atom stereocenters. The van der Waals surface area contributed by atoms with Crippen molar-refractivity contribution >= 4 is 50.6 Å². The Morgan fingerprint density at radius 2 is 1.11 bits per heavy atom. The smallest absolute Gasteiger partial charge is 0.341 e. The van der Waals surface area contributed by atoms with E-state index < -0.39 is 11.9 Å². The lowest BCUT2D eigenvalue weighted by Gasteiger charge is -2.18. The normalized spacial score (nSPS) is 10.4. The molecule has 0 saturated carbocycles. The van der Waals surface area contributed by atoms with Crippen LogP contribution in [0.2, 0.25) is 0 Å². The highest BCUT2D eigenvalue weighted by Crippen LogP contribution is 2.37. The number of carbonyl (C=O) groups is 2. The molecule has 0 heterocycles. The summed E-state index contributed by atoms with van der Waals surface area (Å²) in [6.07, 6.45) is 0. The van der Waals surface area contributed by atoms with Gasteiger partial charge in [0.1, 0.15) is 22.6 Å². The first kappa shape index (κ1) is 35.0. The lowest BCUT2D eigenvalue weighted by Crippen LogP contribution is -2.08. The molecule has 0 saturated heterocycles. The van der Waals surface area contributed by atoms with Crippen molar-refractivity contribution in [3.8, 4) is 11.5 Å². The fourth-order valence-corrected chi connectivity index (χ4v) is 5.76. The van der Waals surface area contributed by atoms with Crippen molar-refractivity contribution in [1.29, 1.82) is 0 Å². The minimum Gasteiger partial charge on any atom is -0.493 e. The van der Waals surface area contributed by atoms with Crippen molar-refractivity contribution < 1.29 is 29.3 Å². The number of halogens is 1. The first-order valence-electron chi connectivity index (χ1n) is 14.7. The largest absolute Gasteiger partial charge is 0.493 e. The van der Waals surface area contributed by atoms with Crippen LogP contribution in [0.5, 0.6) is 11.5 Å². The topological polar surface area (TPSA) is 117 Å². The average molecular weight is 678 g/mol. The Morgan fingerprint density at radius 1 is 0.667 bits per heavy atom. The lowest BCUT2D eigenvalue weighted by atomic mass is 10.0. The molecule has 0 spiro atoms. The highest BCUT2D eigenvalue weighted by molar-refractivity contribution is 9.10. The number of benzene rings is 4. The maximum Gasteiger partial charge on any atom is 0.341 e. The minimum absolute atomic E-state index is 0.126. The van der Waals surface area contributed by atoms with E-state index in [1.54, 1.807) is 30.3 Å². The van der Waals surface area contributed by atoms with E-state index in [2.05, 4.69) is 50.8 Å². The number of nitrogens with one attached hydrogen (secondary N) is 2. The molecule has 4 aromatic carbocycles. The van der Waals surface area contributed by atoms with Crippen LogP contribution >= 0.6 is 15.9 Å². The van der Waals surface area contributed by atoms with Gasteiger partial charge in [0.05, 0.1) is 29.1 Å². The standard InChI is InChI=1S/C18H20BrNO3.C18H21NO3/c1-5-23-17-13(19)6-7-14(15(17)18(21)22)20-16-11(3)8-10(2)9-12(16)4;1-5-22-15-8-6-7-14(16(15)18(20)21)19-17-12(3)9-11(2)10-13(17)4/h6-9,20H,5H2,1-4H3,(H,21,22);6-10,19H,5H2,1-4H3,(H,20,21). The zero-order valence-corrected chi connectivity index (χ0v) is 28.6. The summed E-state index contributed by atoms with van der Waals surface area (Å²) in [4.78, 5) is 23.4. The zero-order chi connectivity index (χ0) is 33.4. The number of aryl methyl sites for hydroxylation is 6. The van der Waals surface area contributed by atoms with Gasteiger partial charge in [-0.1, -0.05) is 41.5 Å². The number of anilines is 4. The Morgan fingerprint density at radius 3 is 1.53 bits per heavy atom. The Labute approximate surface area is 273 Å². The number of hydrogen-bond acceptors (Lipinski definition) is 6. The van der Waals surface area contributed by atoms with Crippen molar-refractivity contribution in [3.63, 3.8) is 0 Å². The molecule has 238 valence electrons. The minimum atomic E-state index is -1.03. The lowest BCUT2D eigenvalue weighted by molar-refractivity contribution is 0.0682. The van der Waals surface area contributed by atoms with E-state index in [4.69, 9.17) is 9.47 Å². The molecule has 0 bridgehead atoms. The van der Waals surface area contributed by atoms with Crippen molar-refractivity contribution in [2.45, 2.75) is 55.4 Å². The molecule has 45 heavy (non-hydrogen) atoms. The van der Waals surface area contributed by atoms with Gasteiger partial charge in [-0.25, -0.2) is 9.59 Å². The summed E-state index contributed by atoms with van der Waals surface area (Å²) in [6, 6.07) is 17.0. The van der Waals surface area contributed by atoms with E-state index in [1.165, 1.54) is 11.1 Å². The predicted octanol–water partition coefficient (Wildman–Crippen LogP) is 9.67. The highest BCUT2D eigenvalue weighted by atomic mass is 79.9. The van der Waals surface area contributed by atoms with Gasteiger partial charge in [0.2, 0.25) is 0 Å². The fourth-order valence-electron chi connectivity index (χ4n) is 5.31. The van der Waals surface area contributed by atoms with Crippen LogP contribution in [0.3, 0.4) is 0 Å². The van der Waals surface area contributed by atoms with E-state index in [0.29, 0.717) is 40.6 Å². The Balaban J connectivity index is 0.000000246. The summed E-state index contributed by atoms with van der Waals surface area (Å²) in [7, 11) is 0. The number of carboxylic acid groups (broad SMARTS) is 2. The summed E-state index contributed by atoms with van der Waals surface area (Å²) < 4.78 is 11.6. The molecular weight excluding hydrogens is 636 g/mol. The van der Waals surface area contributed by atoms with Gasteiger partial charge < -0.3 is 30.3 Å². The third-order valence-electron chi connectivity index (χ3n) is 7.03. The van der Waals surface area contributed by atoms with E-state index in [-0.39, 0.29) is 11.1 Å². The first-order valence-corrected chi connectivity index (χ1v) is 15.5. The van der Waals surface area contributed by atoms with Gasteiger partial charge in [-0.3, -0.25) is 0 Å². The quantitative estimate of drug-likeness (QED) is 0.131. The van der Waals surface area contributed by atoms with E-state index in [1.807, 2.05) is 55.4 Å². The van der Waals surface area contributed by atoms with Gasteiger partial charge in [0, 0.05) is 11.4 Å². The van der Waals surface area contributed by atoms with Crippen LogP contribution in [0.25, 0.3) is 0 Å². The third-order valence-corrected chi connectivity index (χ3v) is 7.65. The Bertz CT molecular complexity index is 1670. The van der Waals surface area contributed by atoms with Crippen molar-refractivity contribution in [2.24, 2.45) is 0 Å². The molecule has 0 aliphatic heterocycles. The third kappa shape index (κ3) is 8.57. The molecule has 4 N–H and O–H groups in total. The molecule has 4 aromatic rings. The van der Waals surface area contributed by atoms with Gasteiger partial charge in [0.25, 0.3) is 0 Å². The maximum absolute atomic E-state index is 11.7. The highest BCUT2D eigenvalue weighted by Gasteiger charge is 2.21. The SMILES string of the molecule is CCOc1c(Br)ccc(Nc2c(C)cc(C)cc2C)c1C(=O)O.CCOc1cccc(Nc2c(C)cc(C)cc2C)c1C(=O)O. The van der Waals surface area contributed by atoms with Crippen LogP contribution in [-0.2, 0) is 0 Å². The van der Waals surface area contributed by atoms with Crippen LogP contribution in [0.1, 0.15) is 67.9 Å². The molecule has 8 nitrogen and oxygen atoms in total. The molecule has 0 amide bonds. The summed E-state index contributed by atoms with van der Waals surface area (Å²) in [6.45, 7) is 16.6. The summed E-state index contributed by atoms with van der Waals surface area (Å²) in [5.41, 5.74) is 9.84. The number of hydrogen-bond donors (Lipinski definition) is 4. The van der Waals surface area contributed by atoms with Gasteiger partial charge in [-0.15, -0.1) is 0 Å². The molecule has 0 aromatic heterocycles. The molecule has 0 aliphatic carbocycles. The maximum atomic E-state index is 11.7. The van der Waals surface area contributed by atoms with Gasteiger partial charge in [-0.2, -0.15) is 0 Å². The van der Waals surface area contributed by atoms with Crippen molar-refractivity contribution in [3.05, 3.63) is 104 Å². The van der Waals surface area contributed by atoms with Crippen LogP contribution in [0.15, 0.2) is 59.1 Å². The van der Waals surface area contributed by atoms with Gasteiger partial charge in [0.15, 0.2) is 0 Å². The molecule has 4 rings (SSSR count). The molecule has 0 unspecified atom stereocenters. The zero-order valence-electron chi connectivity index (χ0n) is 27.0. The number of ether oxygens (including phenoxy) is 2. The van der Waals surface area contributed by atoms with E-state index in [9.17, 15) is 19.8 Å². The monoisotopic (exact) mass is 676 g/mol. The van der Waals surface area contributed by atoms with Crippen molar-refractivity contribution in [1.82, 2.24) is 0 Å². The molecule has 0 radical (unpaired) electrons. The second kappa shape index (κ2) is 15.5. The van der Waals surface area contributed by atoms with Crippen LogP contribution in [-0.4, -0.2) is 35.4 Å². The van der Waals surface area contributed by atoms with Crippen LogP contribution < -0.4 is 20.1 Å². The fraction of sp³-hybridized carbons (Fsp3) is 0.278. The molecule has 9 heteroatoms.